The van der Waals surface area contributed by atoms with E-state index in [1.54, 1.807) is 12.1 Å². The van der Waals surface area contributed by atoms with Crippen molar-refractivity contribution in [3.63, 3.8) is 0 Å². The average molecular weight is 716 g/mol. The van der Waals surface area contributed by atoms with Crippen molar-refractivity contribution in [1.82, 2.24) is 5.01 Å². The number of allylic oxidation sites excluding steroid dienone is 2. The van der Waals surface area contributed by atoms with Gasteiger partial charge >= 0.3 is 0 Å². The first-order valence-electron chi connectivity index (χ1n) is 17.6. The van der Waals surface area contributed by atoms with Crippen LogP contribution in [-0.2, 0) is 31.0 Å². The molecule has 2 aliphatic carbocycles. The number of nitrogens with zero attached hydrogens (tertiary/aromatic N) is 2. The molecule has 52 heavy (non-hydrogen) atoms. The zero-order valence-corrected chi connectivity index (χ0v) is 29.8. The standard InChI is InChI=1S/C42H38ClN3O6/c1-4-24-12-16-28(17-13-24)45-38(48)30-19-18-29-31(35(30)40(45)50)22-32-39(49)46(44-27-14-10-23(2)11-15-27)41(51)42(32,26-8-6-5-7-9-26)36(29)25-20-33(43)37(47)34(21-25)52-3/h5-18,20-21,30-32,35-36,44,47H,4,19,22H2,1-3H3. The maximum absolute atomic E-state index is 15.3. The number of hydrogen-bond acceptors (Lipinski definition) is 7. The fourth-order valence-electron chi connectivity index (χ4n) is 9.17. The minimum Gasteiger partial charge on any atom is -0.503 e. The molecule has 6 unspecified atom stereocenters. The van der Waals surface area contributed by atoms with Gasteiger partial charge in [0.1, 0.15) is 0 Å². The summed E-state index contributed by atoms with van der Waals surface area (Å²) in [7, 11) is 1.42. The third-order valence-electron chi connectivity index (χ3n) is 11.6. The van der Waals surface area contributed by atoms with Crippen molar-refractivity contribution >= 4 is 46.6 Å². The topological polar surface area (TPSA) is 116 Å². The molecule has 6 atom stereocenters. The van der Waals surface area contributed by atoms with Crippen molar-refractivity contribution in [3.05, 3.63) is 130 Å². The number of fused-ring (bicyclic) bond motifs is 4. The van der Waals surface area contributed by atoms with E-state index in [4.69, 9.17) is 16.3 Å². The highest BCUT2D eigenvalue weighted by Crippen LogP contribution is 2.64. The van der Waals surface area contributed by atoms with Crippen LogP contribution in [0.25, 0.3) is 0 Å². The van der Waals surface area contributed by atoms with Crippen molar-refractivity contribution < 1.29 is 29.0 Å². The van der Waals surface area contributed by atoms with Crippen molar-refractivity contribution in [1.29, 1.82) is 0 Å². The monoisotopic (exact) mass is 715 g/mol. The summed E-state index contributed by atoms with van der Waals surface area (Å²) >= 11 is 6.65. The van der Waals surface area contributed by atoms with E-state index in [9.17, 15) is 19.5 Å². The summed E-state index contributed by atoms with van der Waals surface area (Å²) in [4.78, 5) is 60.1. The summed E-state index contributed by atoms with van der Waals surface area (Å²) in [5, 5.41) is 11.9. The second-order valence-electron chi connectivity index (χ2n) is 14.2. The number of carbonyl (C=O) groups is 4. The maximum atomic E-state index is 15.3. The van der Waals surface area contributed by atoms with Gasteiger partial charge < -0.3 is 9.84 Å². The number of phenols is 1. The van der Waals surface area contributed by atoms with Crippen LogP contribution >= 0.6 is 11.6 Å². The van der Waals surface area contributed by atoms with Gasteiger partial charge in [0.2, 0.25) is 11.8 Å². The normalized spacial score (nSPS) is 26.5. The zero-order chi connectivity index (χ0) is 36.5. The molecular weight excluding hydrogens is 678 g/mol. The number of methoxy groups -OCH3 is 1. The van der Waals surface area contributed by atoms with Gasteiger partial charge in [-0.2, -0.15) is 5.01 Å². The number of aromatic hydroxyl groups is 1. The molecule has 10 heteroatoms. The van der Waals surface area contributed by atoms with Crippen LogP contribution in [0.3, 0.4) is 0 Å². The van der Waals surface area contributed by atoms with Crippen molar-refractivity contribution in [2.24, 2.45) is 23.7 Å². The number of phenolic OH excluding ortho intramolecular Hbond substituents is 1. The zero-order valence-electron chi connectivity index (χ0n) is 29.0. The summed E-state index contributed by atoms with van der Waals surface area (Å²) in [5.74, 6) is -5.24. The number of hydrogen-bond donors (Lipinski definition) is 2. The van der Waals surface area contributed by atoms with Crippen LogP contribution in [0.15, 0.2) is 103 Å². The first-order chi connectivity index (χ1) is 25.1. The van der Waals surface area contributed by atoms with Gasteiger partial charge in [0.05, 0.1) is 46.7 Å². The molecule has 0 bridgehead atoms. The Hall–Kier alpha value is -5.41. The molecular formula is C42H38ClN3O6. The summed E-state index contributed by atoms with van der Waals surface area (Å²) in [6, 6.07) is 27.4. The second kappa shape index (κ2) is 12.7. The maximum Gasteiger partial charge on any atom is 0.260 e. The molecule has 2 saturated heterocycles. The molecule has 0 aromatic heterocycles. The molecule has 264 valence electrons. The molecule has 9 nitrogen and oxygen atoms in total. The number of aryl methyl sites for hydroxylation is 2. The first kappa shape index (κ1) is 33.7. The lowest BCUT2D eigenvalue weighted by molar-refractivity contribution is -0.138. The molecule has 4 aliphatic rings. The van der Waals surface area contributed by atoms with E-state index < -0.39 is 46.8 Å². The summed E-state index contributed by atoms with van der Waals surface area (Å²) in [6.07, 6.45) is 3.27. The van der Waals surface area contributed by atoms with Gasteiger partial charge in [-0.25, -0.2) is 0 Å². The van der Waals surface area contributed by atoms with Gasteiger partial charge in [-0.15, -0.1) is 0 Å². The van der Waals surface area contributed by atoms with E-state index in [2.05, 4.69) is 5.43 Å². The first-order valence-corrected chi connectivity index (χ1v) is 18.0. The van der Waals surface area contributed by atoms with Crippen LogP contribution in [-0.4, -0.2) is 40.9 Å². The Bertz CT molecular complexity index is 2150. The molecule has 3 fully saturated rings. The Morgan fingerprint density at radius 3 is 2.29 bits per heavy atom. The predicted molar refractivity (Wildman–Crippen MR) is 197 cm³/mol. The minimum absolute atomic E-state index is 0.0192. The number of hydrazine groups is 1. The van der Waals surface area contributed by atoms with Crippen molar-refractivity contribution in [2.75, 3.05) is 17.4 Å². The average Bonchev–Trinajstić information content (AvgIpc) is 3.54. The van der Waals surface area contributed by atoms with Gasteiger partial charge in [-0.1, -0.05) is 90.3 Å². The van der Waals surface area contributed by atoms with E-state index in [0.29, 0.717) is 22.5 Å². The van der Waals surface area contributed by atoms with Crippen LogP contribution in [0, 0.1) is 30.6 Å². The lowest BCUT2D eigenvalue weighted by atomic mass is 9.49. The van der Waals surface area contributed by atoms with Crippen LogP contribution in [0.1, 0.15) is 47.9 Å². The Labute approximate surface area is 306 Å². The Morgan fingerprint density at radius 1 is 0.904 bits per heavy atom. The Balaban J connectivity index is 1.32. The lowest BCUT2D eigenvalue weighted by Crippen LogP contribution is -2.53. The molecule has 0 spiro atoms. The highest BCUT2D eigenvalue weighted by molar-refractivity contribution is 6.32. The van der Waals surface area contributed by atoms with Crippen LogP contribution < -0.4 is 15.1 Å². The molecule has 2 N–H and O–H groups in total. The van der Waals surface area contributed by atoms with Gasteiger partial charge in [-0.05, 0) is 85.2 Å². The quantitative estimate of drug-likeness (QED) is 0.155. The second-order valence-corrected chi connectivity index (χ2v) is 14.6. The van der Waals surface area contributed by atoms with Gasteiger partial charge in [0.25, 0.3) is 11.8 Å². The number of rotatable bonds is 7. The highest BCUT2D eigenvalue weighted by Gasteiger charge is 2.70. The van der Waals surface area contributed by atoms with Crippen LogP contribution in [0.2, 0.25) is 5.02 Å². The molecule has 0 radical (unpaired) electrons. The SMILES string of the molecule is CCc1ccc(N2C(=O)C3CC=C4C(CC5C(=O)N(Nc6ccc(C)cc6)C(=O)C5(c5ccccc5)C4c4cc(Cl)c(O)c(OC)c4)C3C2=O)cc1. The minimum atomic E-state index is -1.47. The van der Waals surface area contributed by atoms with E-state index in [0.717, 1.165) is 28.1 Å². The molecule has 1 saturated carbocycles. The number of carbonyl (C=O) groups excluding carboxylic acids is 4. The molecule has 4 aromatic rings. The summed E-state index contributed by atoms with van der Waals surface area (Å²) < 4.78 is 5.55. The fourth-order valence-corrected chi connectivity index (χ4v) is 9.39. The van der Waals surface area contributed by atoms with Crippen molar-refractivity contribution in [2.45, 2.75) is 44.4 Å². The number of ether oxygens (including phenoxy) is 1. The largest absolute Gasteiger partial charge is 0.503 e. The smallest absolute Gasteiger partial charge is 0.260 e. The van der Waals surface area contributed by atoms with Crippen LogP contribution in [0.4, 0.5) is 11.4 Å². The van der Waals surface area contributed by atoms with Crippen LogP contribution in [0.5, 0.6) is 11.5 Å². The molecule has 4 aromatic carbocycles. The highest BCUT2D eigenvalue weighted by atomic mass is 35.5. The Kier molecular flexibility index (Phi) is 8.21. The summed E-state index contributed by atoms with van der Waals surface area (Å²) in [5.41, 5.74) is 6.80. The third kappa shape index (κ3) is 4.89. The fraction of sp³-hybridized carbons (Fsp3) is 0.286. The number of nitrogens with one attached hydrogen (secondary N) is 1. The third-order valence-corrected chi connectivity index (χ3v) is 11.9. The van der Waals surface area contributed by atoms with Crippen molar-refractivity contribution in [3.8, 4) is 11.5 Å². The number of amides is 4. The Morgan fingerprint density at radius 2 is 1.62 bits per heavy atom. The van der Waals surface area contributed by atoms with Gasteiger partial charge in [-0.3, -0.25) is 29.5 Å². The number of anilines is 2. The van der Waals surface area contributed by atoms with E-state index in [1.807, 2.05) is 98.8 Å². The molecule has 8 rings (SSSR count). The number of imide groups is 2. The summed E-state index contributed by atoms with van der Waals surface area (Å²) in [6.45, 7) is 4.00. The molecule has 4 amide bonds. The van der Waals surface area contributed by atoms with Gasteiger partial charge in [0, 0.05) is 5.92 Å². The molecule has 2 aliphatic heterocycles. The number of benzene rings is 4. The number of halogens is 1. The lowest BCUT2D eigenvalue weighted by Gasteiger charge is -2.50. The van der Waals surface area contributed by atoms with E-state index in [1.165, 1.54) is 12.0 Å². The van der Waals surface area contributed by atoms with Gasteiger partial charge in [0.15, 0.2) is 11.5 Å². The van der Waals surface area contributed by atoms with E-state index >= 15 is 4.79 Å². The molecule has 2 heterocycles. The van der Waals surface area contributed by atoms with E-state index in [-0.39, 0.29) is 41.2 Å². The predicted octanol–water partition coefficient (Wildman–Crippen LogP) is 7.11.